The Bertz CT molecular complexity index is 334. The zero-order valence-electron chi connectivity index (χ0n) is 8.99. The summed E-state index contributed by atoms with van der Waals surface area (Å²) >= 11 is 0. The summed E-state index contributed by atoms with van der Waals surface area (Å²) in [4.78, 5) is 3.96. The second kappa shape index (κ2) is 4.06. The van der Waals surface area contributed by atoms with Crippen molar-refractivity contribution in [1.29, 1.82) is 0 Å². The number of hydrogen-bond acceptors (Lipinski definition) is 4. The molecule has 1 aliphatic rings. The number of aromatic nitrogens is 1. The molecule has 4 heteroatoms. The van der Waals surface area contributed by atoms with E-state index in [9.17, 15) is 0 Å². The van der Waals surface area contributed by atoms with Crippen molar-refractivity contribution in [2.24, 2.45) is 0 Å². The summed E-state index contributed by atoms with van der Waals surface area (Å²) in [5, 5.41) is 3.44. The third-order valence-electron chi connectivity index (χ3n) is 2.73. The molecule has 1 aromatic rings. The molecule has 3 N–H and O–H groups in total. The number of anilines is 2. The number of nitrogens with two attached hydrogens (primary N) is 1. The van der Waals surface area contributed by atoms with E-state index in [1.165, 1.54) is 0 Å². The minimum Gasteiger partial charge on any atom is -0.396 e. The first kappa shape index (κ1) is 10.2. The number of rotatable bonds is 2. The first-order valence-electron chi connectivity index (χ1n) is 5.25. The number of nitrogens with one attached hydrogen (secondary N) is 1. The van der Waals surface area contributed by atoms with Gasteiger partial charge in [0.1, 0.15) is 0 Å². The van der Waals surface area contributed by atoms with Gasteiger partial charge in [0.25, 0.3) is 0 Å². The predicted molar refractivity (Wildman–Crippen MR) is 60.7 cm³/mol. The van der Waals surface area contributed by atoms with Gasteiger partial charge in [0, 0.05) is 12.8 Å². The van der Waals surface area contributed by atoms with Crippen molar-refractivity contribution in [2.45, 2.75) is 25.3 Å². The summed E-state index contributed by atoms with van der Waals surface area (Å²) in [6.45, 7) is 3.75. The fraction of sp³-hybridized carbons (Fsp3) is 0.545. The third-order valence-corrected chi connectivity index (χ3v) is 2.73. The molecular weight excluding hydrogens is 190 g/mol. The van der Waals surface area contributed by atoms with E-state index in [0.29, 0.717) is 5.69 Å². The molecule has 1 fully saturated rings. The third kappa shape index (κ3) is 2.39. The first-order valence-corrected chi connectivity index (χ1v) is 5.25. The van der Waals surface area contributed by atoms with Gasteiger partial charge >= 0.3 is 0 Å². The topological polar surface area (TPSA) is 60.2 Å². The average molecular weight is 207 g/mol. The van der Waals surface area contributed by atoms with Crippen LogP contribution < -0.4 is 11.1 Å². The van der Waals surface area contributed by atoms with Crippen molar-refractivity contribution in [3.63, 3.8) is 0 Å². The highest BCUT2D eigenvalue weighted by atomic mass is 16.5. The van der Waals surface area contributed by atoms with Crippen molar-refractivity contribution in [3.05, 3.63) is 18.5 Å². The van der Waals surface area contributed by atoms with Crippen LogP contribution in [0, 0.1) is 0 Å². The Labute approximate surface area is 89.8 Å². The lowest BCUT2D eigenvalue weighted by atomic mass is 9.94. The van der Waals surface area contributed by atoms with Crippen LogP contribution in [0.5, 0.6) is 0 Å². The molecule has 0 amide bonds. The van der Waals surface area contributed by atoms with Crippen molar-refractivity contribution in [2.75, 3.05) is 24.3 Å². The summed E-state index contributed by atoms with van der Waals surface area (Å²) < 4.78 is 5.48. The Morgan fingerprint density at radius 1 is 1.60 bits per heavy atom. The van der Waals surface area contributed by atoms with Crippen molar-refractivity contribution in [3.8, 4) is 0 Å². The summed E-state index contributed by atoms with van der Waals surface area (Å²) in [6.07, 6.45) is 5.60. The van der Waals surface area contributed by atoms with E-state index >= 15 is 0 Å². The van der Waals surface area contributed by atoms with E-state index in [0.717, 1.165) is 31.7 Å². The largest absolute Gasteiger partial charge is 0.396 e. The number of ether oxygens (including phenoxy) is 1. The van der Waals surface area contributed by atoms with Gasteiger partial charge in [0.15, 0.2) is 0 Å². The highest BCUT2D eigenvalue weighted by molar-refractivity contribution is 5.65. The standard InChI is InChI=1S/C11H17N3O/c1-11(4-2-6-15-8-11)14-10-3-5-13-7-9(10)12/h3,5,7H,2,4,6,8,12H2,1H3,(H,13,14). The monoisotopic (exact) mass is 207 g/mol. The SMILES string of the molecule is CC1(Nc2ccncc2N)CCCOC1. The molecule has 0 aliphatic carbocycles. The molecule has 2 rings (SSSR count). The van der Waals surface area contributed by atoms with Gasteiger partial charge in [-0.2, -0.15) is 0 Å². The van der Waals surface area contributed by atoms with Gasteiger partial charge in [0.05, 0.1) is 29.7 Å². The van der Waals surface area contributed by atoms with Gasteiger partial charge in [-0.1, -0.05) is 0 Å². The maximum atomic E-state index is 5.83. The lowest BCUT2D eigenvalue weighted by molar-refractivity contribution is 0.0540. The van der Waals surface area contributed by atoms with E-state index in [-0.39, 0.29) is 5.54 Å². The minimum absolute atomic E-state index is 0.00623. The predicted octanol–water partition coefficient (Wildman–Crippen LogP) is 1.64. The number of nitrogen functional groups attached to an aromatic ring is 1. The van der Waals surface area contributed by atoms with Crippen LogP contribution in [0.15, 0.2) is 18.5 Å². The minimum atomic E-state index is -0.00623. The molecule has 82 valence electrons. The quantitative estimate of drug-likeness (QED) is 0.774. The number of hydrogen-bond donors (Lipinski definition) is 2. The molecule has 1 aromatic heterocycles. The molecule has 0 saturated carbocycles. The van der Waals surface area contributed by atoms with E-state index in [1.807, 2.05) is 6.07 Å². The van der Waals surface area contributed by atoms with E-state index in [2.05, 4.69) is 17.2 Å². The van der Waals surface area contributed by atoms with E-state index in [4.69, 9.17) is 10.5 Å². The van der Waals surface area contributed by atoms with Crippen molar-refractivity contribution in [1.82, 2.24) is 4.98 Å². The normalized spacial score (nSPS) is 26.2. The fourth-order valence-corrected chi connectivity index (χ4v) is 1.88. The highest BCUT2D eigenvalue weighted by Gasteiger charge is 2.27. The van der Waals surface area contributed by atoms with Gasteiger partial charge in [-0.3, -0.25) is 4.98 Å². The molecule has 1 atom stereocenters. The summed E-state index contributed by atoms with van der Waals surface area (Å²) in [5.41, 5.74) is 7.45. The maximum absolute atomic E-state index is 5.83. The Morgan fingerprint density at radius 3 is 3.13 bits per heavy atom. The molecule has 4 nitrogen and oxygen atoms in total. The lowest BCUT2D eigenvalue weighted by Crippen LogP contribution is -2.43. The van der Waals surface area contributed by atoms with Gasteiger partial charge in [0.2, 0.25) is 0 Å². The average Bonchev–Trinajstić information content (AvgIpc) is 2.22. The van der Waals surface area contributed by atoms with Crippen molar-refractivity contribution < 1.29 is 4.74 Å². The molecule has 0 radical (unpaired) electrons. The zero-order chi connectivity index (χ0) is 10.7. The molecule has 1 saturated heterocycles. The second-order valence-electron chi connectivity index (χ2n) is 4.30. The van der Waals surface area contributed by atoms with Crippen LogP contribution in [-0.2, 0) is 4.74 Å². The molecule has 15 heavy (non-hydrogen) atoms. The Hall–Kier alpha value is -1.29. The zero-order valence-corrected chi connectivity index (χ0v) is 8.99. The molecular formula is C11H17N3O. The van der Waals surface area contributed by atoms with E-state index in [1.54, 1.807) is 12.4 Å². The van der Waals surface area contributed by atoms with Crippen molar-refractivity contribution >= 4 is 11.4 Å². The van der Waals surface area contributed by atoms with Crippen LogP contribution >= 0.6 is 0 Å². The summed E-state index contributed by atoms with van der Waals surface area (Å²) in [6, 6.07) is 1.90. The lowest BCUT2D eigenvalue weighted by Gasteiger charge is -2.35. The fourth-order valence-electron chi connectivity index (χ4n) is 1.88. The van der Waals surface area contributed by atoms with Crippen LogP contribution in [0.4, 0.5) is 11.4 Å². The highest BCUT2D eigenvalue weighted by Crippen LogP contribution is 2.26. The van der Waals surface area contributed by atoms with E-state index < -0.39 is 0 Å². The number of pyridine rings is 1. The maximum Gasteiger partial charge on any atom is 0.0736 e. The summed E-state index contributed by atoms with van der Waals surface area (Å²) in [7, 11) is 0. The van der Waals surface area contributed by atoms with Crippen LogP contribution in [-0.4, -0.2) is 23.7 Å². The Morgan fingerprint density at radius 2 is 2.47 bits per heavy atom. The Kier molecular flexibility index (Phi) is 2.77. The van der Waals surface area contributed by atoms with Crippen LogP contribution in [0.1, 0.15) is 19.8 Å². The molecule has 0 spiro atoms. The van der Waals surface area contributed by atoms with Gasteiger partial charge < -0.3 is 15.8 Å². The van der Waals surface area contributed by atoms with Gasteiger partial charge in [-0.15, -0.1) is 0 Å². The Balaban J connectivity index is 2.10. The van der Waals surface area contributed by atoms with Crippen LogP contribution in [0.25, 0.3) is 0 Å². The molecule has 2 heterocycles. The second-order valence-corrected chi connectivity index (χ2v) is 4.30. The summed E-state index contributed by atoms with van der Waals surface area (Å²) in [5.74, 6) is 0. The molecule has 0 aromatic carbocycles. The molecule has 1 aliphatic heterocycles. The van der Waals surface area contributed by atoms with Gasteiger partial charge in [-0.05, 0) is 25.8 Å². The number of nitrogens with zero attached hydrogens (tertiary/aromatic N) is 1. The molecule has 0 bridgehead atoms. The van der Waals surface area contributed by atoms with Gasteiger partial charge in [-0.25, -0.2) is 0 Å². The smallest absolute Gasteiger partial charge is 0.0736 e. The molecule has 1 unspecified atom stereocenters. The first-order chi connectivity index (χ1) is 7.20. The van der Waals surface area contributed by atoms with Crippen LogP contribution in [0.3, 0.4) is 0 Å². The van der Waals surface area contributed by atoms with Crippen LogP contribution in [0.2, 0.25) is 0 Å².